The Bertz CT molecular complexity index is 533. The van der Waals surface area contributed by atoms with E-state index in [2.05, 4.69) is 79.0 Å². The van der Waals surface area contributed by atoms with Gasteiger partial charge in [0.25, 0.3) is 0 Å². The van der Waals surface area contributed by atoms with Crippen LogP contribution in [0.25, 0.3) is 11.3 Å². The predicted octanol–water partition coefficient (Wildman–Crippen LogP) is 4.53. The molecular formula is C15H18INO. The minimum absolute atomic E-state index is 0.256. The molecule has 1 N–H and O–H groups in total. The Kier molecular flexibility index (Phi) is 4.45. The van der Waals surface area contributed by atoms with Gasteiger partial charge in [-0.1, -0.05) is 19.1 Å². The van der Waals surface area contributed by atoms with Crippen molar-refractivity contribution in [3.8, 4) is 11.3 Å². The second-order valence-electron chi connectivity index (χ2n) is 4.39. The van der Waals surface area contributed by atoms with Gasteiger partial charge < -0.3 is 9.73 Å². The molecule has 1 aromatic carbocycles. The normalized spacial score (nSPS) is 12.7. The van der Waals surface area contributed by atoms with Crippen LogP contribution in [0.4, 0.5) is 0 Å². The van der Waals surface area contributed by atoms with Crippen LogP contribution >= 0.6 is 22.6 Å². The highest BCUT2D eigenvalue weighted by atomic mass is 127. The number of rotatable bonds is 4. The predicted molar refractivity (Wildman–Crippen MR) is 83.7 cm³/mol. The van der Waals surface area contributed by atoms with Crippen LogP contribution < -0.4 is 5.32 Å². The Morgan fingerprint density at radius 1 is 1.28 bits per heavy atom. The van der Waals surface area contributed by atoms with E-state index in [9.17, 15) is 0 Å². The molecule has 0 amide bonds. The van der Waals surface area contributed by atoms with E-state index in [1.54, 1.807) is 0 Å². The van der Waals surface area contributed by atoms with E-state index in [4.69, 9.17) is 4.42 Å². The zero-order chi connectivity index (χ0) is 13.1. The Hall–Kier alpha value is -0.810. The molecule has 2 nitrogen and oxygen atoms in total. The van der Waals surface area contributed by atoms with Gasteiger partial charge in [-0.15, -0.1) is 0 Å². The van der Waals surface area contributed by atoms with E-state index in [0.29, 0.717) is 0 Å². The third kappa shape index (κ3) is 2.78. The summed E-state index contributed by atoms with van der Waals surface area (Å²) in [5, 5.41) is 3.36. The molecule has 1 atom stereocenters. The second kappa shape index (κ2) is 5.89. The topological polar surface area (TPSA) is 25.2 Å². The first-order chi connectivity index (χ1) is 8.63. The fourth-order valence-electron chi connectivity index (χ4n) is 2.01. The highest BCUT2D eigenvalue weighted by molar-refractivity contribution is 14.1. The molecule has 0 aliphatic carbocycles. The standard InChI is InChI=1S/C15H18INO/c1-4-17-11(3)14-8-9-15(18-14)12-6-5-7-13(16)10(12)2/h5-9,11,17H,4H2,1-3H3. The monoisotopic (exact) mass is 355 g/mol. The largest absolute Gasteiger partial charge is 0.459 e. The lowest BCUT2D eigenvalue weighted by atomic mass is 10.1. The number of hydrogen-bond donors (Lipinski definition) is 1. The molecule has 0 aliphatic rings. The molecule has 0 saturated heterocycles. The fraction of sp³-hybridized carbons (Fsp3) is 0.333. The van der Waals surface area contributed by atoms with Gasteiger partial charge >= 0.3 is 0 Å². The van der Waals surface area contributed by atoms with Crippen LogP contribution in [-0.2, 0) is 0 Å². The van der Waals surface area contributed by atoms with Crippen LogP contribution in [0.2, 0.25) is 0 Å². The van der Waals surface area contributed by atoms with Crippen molar-refractivity contribution in [3.05, 3.63) is 45.2 Å². The van der Waals surface area contributed by atoms with Gasteiger partial charge in [0, 0.05) is 9.13 Å². The smallest absolute Gasteiger partial charge is 0.134 e. The van der Waals surface area contributed by atoms with Gasteiger partial charge in [0.1, 0.15) is 11.5 Å². The van der Waals surface area contributed by atoms with E-state index >= 15 is 0 Å². The highest BCUT2D eigenvalue weighted by Gasteiger charge is 2.12. The molecule has 1 aromatic heterocycles. The first-order valence-electron chi connectivity index (χ1n) is 6.22. The number of nitrogens with one attached hydrogen (secondary N) is 1. The average molecular weight is 355 g/mol. The lowest BCUT2D eigenvalue weighted by Gasteiger charge is -2.09. The van der Waals surface area contributed by atoms with Crippen LogP contribution in [0.1, 0.15) is 31.2 Å². The first-order valence-corrected chi connectivity index (χ1v) is 7.30. The third-order valence-electron chi connectivity index (χ3n) is 3.10. The van der Waals surface area contributed by atoms with Crippen molar-refractivity contribution in [1.82, 2.24) is 5.32 Å². The molecule has 0 spiro atoms. The molecule has 0 aliphatic heterocycles. The second-order valence-corrected chi connectivity index (χ2v) is 5.56. The molecule has 0 fully saturated rings. The Morgan fingerprint density at radius 2 is 2.06 bits per heavy atom. The summed E-state index contributed by atoms with van der Waals surface area (Å²) >= 11 is 2.36. The van der Waals surface area contributed by atoms with Crippen molar-refractivity contribution < 1.29 is 4.42 Å². The van der Waals surface area contributed by atoms with Crippen LogP contribution in [0.5, 0.6) is 0 Å². The van der Waals surface area contributed by atoms with E-state index in [1.807, 2.05) is 0 Å². The SMILES string of the molecule is CCNC(C)c1ccc(-c2cccc(I)c2C)o1. The maximum absolute atomic E-state index is 5.95. The van der Waals surface area contributed by atoms with Gasteiger partial charge in [0.2, 0.25) is 0 Å². The summed E-state index contributed by atoms with van der Waals surface area (Å²) in [4.78, 5) is 0. The van der Waals surface area contributed by atoms with E-state index in [0.717, 1.165) is 18.1 Å². The van der Waals surface area contributed by atoms with Crippen molar-refractivity contribution in [2.75, 3.05) is 6.54 Å². The van der Waals surface area contributed by atoms with Gasteiger partial charge in [0.15, 0.2) is 0 Å². The average Bonchev–Trinajstić information content (AvgIpc) is 2.82. The summed E-state index contributed by atoms with van der Waals surface area (Å²) < 4.78 is 7.22. The summed E-state index contributed by atoms with van der Waals surface area (Å²) in [5.74, 6) is 1.94. The van der Waals surface area contributed by atoms with Crippen molar-refractivity contribution in [2.24, 2.45) is 0 Å². The maximum Gasteiger partial charge on any atom is 0.134 e. The molecule has 2 aromatic rings. The Labute approximate surface area is 122 Å². The zero-order valence-corrected chi connectivity index (χ0v) is 13.1. The molecule has 1 heterocycles. The van der Waals surface area contributed by atoms with Gasteiger partial charge in [-0.2, -0.15) is 0 Å². The van der Waals surface area contributed by atoms with Gasteiger partial charge in [0.05, 0.1) is 6.04 Å². The van der Waals surface area contributed by atoms with Crippen molar-refractivity contribution >= 4 is 22.6 Å². The molecule has 18 heavy (non-hydrogen) atoms. The third-order valence-corrected chi connectivity index (χ3v) is 4.27. The molecular weight excluding hydrogens is 337 g/mol. The Morgan fingerprint density at radius 3 is 2.78 bits per heavy atom. The summed E-state index contributed by atoms with van der Waals surface area (Å²) in [7, 11) is 0. The quantitative estimate of drug-likeness (QED) is 0.816. The van der Waals surface area contributed by atoms with Gasteiger partial charge in [-0.25, -0.2) is 0 Å². The molecule has 0 radical (unpaired) electrons. The van der Waals surface area contributed by atoms with E-state index in [1.165, 1.54) is 14.7 Å². The lowest BCUT2D eigenvalue weighted by Crippen LogP contribution is -2.16. The van der Waals surface area contributed by atoms with E-state index < -0.39 is 0 Å². The van der Waals surface area contributed by atoms with Crippen molar-refractivity contribution in [3.63, 3.8) is 0 Å². The van der Waals surface area contributed by atoms with Crippen LogP contribution in [0, 0.1) is 10.5 Å². The van der Waals surface area contributed by atoms with Crippen molar-refractivity contribution in [2.45, 2.75) is 26.8 Å². The number of halogens is 1. The highest BCUT2D eigenvalue weighted by Crippen LogP contribution is 2.29. The van der Waals surface area contributed by atoms with E-state index in [-0.39, 0.29) is 6.04 Å². The number of furan rings is 1. The summed E-state index contributed by atoms with van der Waals surface area (Å²) in [5.41, 5.74) is 2.45. The molecule has 0 saturated carbocycles. The van der Waals surface area contributed by atoms with Crippen LogP contribution in [0.3, 0.4) is 0 Å². The van der Waals surface area contributed by atoms with Gasteiger partial charge in [-0.3, -0.25) is 0 Å². The molecule has 2 rings (SSSR count). The number of hydrogen-bond acceptors (Lipinski definition) is 2. The lowest BCUT2D eigenvalue weighted by molar-refractivity contribution is 0.445. The van der Waals surface area contributed by atoms with Crippen molar-refractivity contribution in [1.29, 1.82) is 0 Å². The minimum Gasteiger partial charge on any atom is -0.459 e. The fourth-order valence-corrected chi connectivity index (χ4v) is 2.51. The summed E-state index contributed by atoms with van der Waals surface area (Å²) in [6.07, 6.45) is 0. The molecule has 3 heteroatoms. The molecule has 1 unspecified atom stereocenters. The molecule has 96 valence electrons. The number of benzene rings is 1. The van der Waals surface area contributed by atoms with Crippen LogP contribution in [0.15, 0.2) is 34.7 Å². The maximum atomic E-state index is 5.95. The summed E-state index contributed by atoms with van der Waals surface area (Å²) in [6, 6.07) is 10.7. The summed E-state index contributed by atoms with van der Waals surface area (Å²) in [6.45, 7) is 7.30. The van der Waals surface area contributed by atoms with Crippen LogP contribution in [-0.4, -0.2) is 6.54 Å². The Balaban J connectivity index is 2.32. The first kappa shape index (κ1) is 13.6. The minimum atomic E-state index is 0.256. The van der Waals surface area contributed by atoms with Gasteiger partial charge in [-0.05, 0) is 66.7 Å². The zero-order valence-electron chi connectivity index (χ0n) is 11.0. The molecule has 0 bridgehead atoms.